The highest BCUT2D eigenvalue weighted by Crippen LogP contribution is 2.36. The van der Waals surface area contributed by atoms with Crippen molar-refractivity contribution in [2.45, 2.75) is 6.54 Å². The number of fused-ring (bicyclic) bond motifs is 3. The van der Waals surface area contributed by atoms with Gasteiger partial charge >= 0.3 is 0 Å². The van der Waals surface area contributed by atoms with Crippen LogP contribution in [0.5, 0.6) is 0 Å². The molecule has 2 heterocycles. The molecule has 5 nitrogen and oxygen atoms in total. The minimum absolute atomic E-state index is 0.151. The molecule has 1 aliphatic heterocycles. The molecule has 5 rings (SSSR count). The van der Waals surface area contributed by atoms with Crippen LogP contribution in [0.1, 0.15) is 26.4 Å². The van der Waals surface area contributed by atoms with Gasteiger partial charge in [-0.2, -0.15) is 0 Å². The molecule has 0 atom stereocenters. The first-order valence-electron chi connectivity index (χ1n) is 10.1. The summed E-state index contributed by atoms with van der Waals surface area (Å²) in [6.07, 6.45) is 0. The number of para-hydroxylation sites is 2. The predicted molar refractivity (Wildman–Crippen MR) is 132 cm³/mol. The van der Waals surface area contributed by atoms with Crippen LogP contribution in [0.2, 0.25) is 15.2 Å². The monoisotopic (exact) mass is 495 g/mol. The van der Waals surface area contributed by atoms with Crippen LogP contribution in [0.3, 0.4) is 0 Å². The molecule has 8 heteroatoms. The Hall–Kier alpha value is -3.25. The average molecular weight is 497 g/mol. The van der Waals surface area contributed by atoms with E-state index in [0.29, 0.717) is 33.0 Å². The first-order valence-corrected chi connectivity index (χ1v) is 11.2. The van der Waals surface area contributed by atoms with E-state index in [0.717, 1.165) is 17.1 Å². The molecule has 0 radical (unpaired) electrons. The van der Waals surface area contributed by atoms with Gasteiger partial charge in [0.2, 0.25) is 0 Å². The number of nitrogens with one attached hydrogen (secondary N) is 1. The summed E-state index contributed by atoms with van der Waals surface area (Å²) in [5.74, 6) is -0.536. The molecule has 3 aromatic carbocycles. The summed E-state index contributed by atoms with van der Waals surface area (Å²) < 4.78 is 1.94. The Morgan fingerprint density at radius 1 is 0.818 bits per heavy atom. The fraction of sp³-hybridized carbons (Fsp3) is 0.0400. The van der Waals surface area contributed by atoms with Gasteiger partial charge in [0.15, 0.2) is 0 Å². The molecule has 1 N–H and O–H groups in total. The molecule has 33 heavy (non-hydrogen) atoms. The number of carbonyl (C=O) groups is 2. The lowest BCUT2D eigenvalue weighted by Crippen LogP contribution is -2.35. The van der Waals surface area contributed by atoms with Crippen molar-refractivity contribution < 1.29 is 9.59 Å². The van der Waals surface area contributed by atoms with Crippen LogP contribution in [0, 0.1) is 0 Å². The number of hydrogen-bond acceptors (Lipinski definition) is 2. The number of amides is 2. The Labute approximate surface area is 205 Å². The SMILES string of the molecule is O=C(Nc1ccc(C(=O)N2Cc3ccc(Cl)n3-c3ccccc32)cc1)c1cc(Cl)ccc1Cl. The van der Waals surface area contributed by atoms with Crippen LogP contribution >= 0.6 is 34.8 Å². The molecular formula is C25H16Cl3N3O2. The van der Waals surface area contributed by atoms with Crippen LogP contribution in [0.4, 0.5) is 11.4 Å². The molecule has 0 spiro atoms. The Morgan fingerprint density at radius 2 is 1.55 bits per heavy atom. The number of hydrogen-bond donors (Lipinski definition) is 1. The molecule has 2 amide bonds. The van der Waals surface area contributed by atoms with Crippen molar-refractivity contribution in [3.05, 3.63) is 111 Å². The molecule has 0 aliphatic carbocycles. The summed E-state index contributed by atoms with van der Waals surface area (Å²) in [5.41, 5.74) is 3.86. The number of aromatic nitrogens is 1. The second-order valence-electron chi connectivity index (χ2n) is 7.52. The van der Waals surface area contributed by atoms with Crippen molar-refractivity contribution in [3.8, 4) is 5.69 Å². The zero-order valence-corrected chi connectivity index (χ0v) is 19.3. The minimum Gasteiger partial charge on any atom is -0.322 e. The smallest absolute Gasteiger partial charge is 0.258 e. The van der Waals surface area contributed by atoms with Crippen molar-refractivity contribution in [1.29, 1.82) is 0 Å². The van der Waals surface area contributed by atoms with E-state index in [4.69, 9.17) is 34.8 Å². The van der Waals surface area contributed by atoms with E-state index in [1.807, 2.05) is 41.0 Å². The zero-order chi connectivity index (χ0) is 23.1. The molecule has 0 saturated carbocycles. The number of anilines is 2. The highest BCUT2D eigenvalue weighted by atomic mass is 35.5. The third kappa shape index (κ3) is 4.00. The van der Waals surface area contributed by atoms with E-state index in [9.17, 15) is 9.59 Å². The Morgan fingerprint density at radius 3 is 2.30 bits per heavy atom. The van der Waals surface area contributed by atoms with Gasteiger partial charge in [0, 0.05) is 22.0 Å². The van der Waals surface area contributed by atoms with Crippen LogP contribution in [-0.2, 0) is 6.54 Å². The Balaban J connectivity index is 1.38. The molecular weight excluding hydrogens is 481 g/mol. The van der Waals surface area contributed by atoms with E-state index >= 15 is 0 Å². The van der Waals surface area contributed by atoms with Gasteiger partial charge in [-0.1, -0.05) is 46.9 Å². The second-order valence-corrected chi connectivity index (χ2v) is 8.75. The van der Waals surface area contributed by atoms with Crippen molar-refractivity contribution in [3.63, 3.8) is 0 Å². The van der Waals surface area contributed by atoms with Crippen molar-refractivity contribution in [1.82, 2.24) is 4.57 Å². The maximum Gasteiger partial charge on any atom is 0.258 e. The second kappa shape index (κ2) is 8.60. The van der Waals surface area contributed by atoms with Crippen molar-refractivity contribution in [2.24, 2.45) is 0 Å². The Bertz CT molecular complexity index is 1400. The largest absolute Gasteiger partial charge is 0.322 e. The third-order valence-corrected chi connectivity index (χ3v) is 6.32. The summed E-state index contributed by atoms with van der Waals surface area (Å²) in [4.78, 5) is 27.7. The standard InChI is InChI=1S/C25H16Cl3N3O2/c26-16-7-11-20(27)19(13-16)24(32)29-17-8-5-15(6-9-17)25(33)30-14-18-10-12-23(28)31(18)22-4-2-1-3-21(22)30/h1-13H,14H2,(H,29,32). The first kappa shape index (κ1) is 21.6. The lowest BCUT2D eigenvalue weighted by molar-refractivity contribution is 0.0982. The number of nitrogens with zero attached hydrogens (tertiary/aromatic N) is 2. The van der Waals surface area contributed by atoms with Crippen LogP contribution < -0.4 is 10.2 Å². The van der Waals surface area contributed by atoms with Crippen molar-refractivity contribution >= 4 is 58.0 Å². The fourth-order valence-electron chi connectivity index (χ4n) is 3.88. The number of rotatable bonds is 3. The molecule has 1 aliphatic rings. The van der Waals surface area contributed by atoms with Gasteiger partial charge in [0.05, 0.1) is 28.5 Å². The summed E-state index contributed by atoms with van der Waals surface area (Å²) in [6, 6.07) is 22.8. The summed E-state index contributed by atoms with van der Waals surface area (Å²) in [5, 5.41) is 4.10. The topological polar surface area (TPSA) is 54.3 Å². The number of halogens is 3. The molecule has 0 bridgehead atoms. The van der Waals surface area contributed by atoms with Gasteiger partial charge in [-0.3, -0.25) is 9.59 Å². The van der Waals surface area contributed by atoms with Gasteiger partial charge in [-0.25, -0.2) is 0 Å². The van der Waals surface area contributed by atoms with Gasteiger partial charge < -0.3 is 14.8 Å². The number of carbonyl (C=O) groups excluding carboxylic acids is 2. The summed E-state index contributed by atoms with van der Waals surface area (Å²) >= 11 is 18.4. The van der Waals surface area contributed by atoms with Crippen molar-refractivity contribution in [2.75, 3.05) is 10.2 Å². The van der Waals surface area contributed by atoms with Gasteiger partial charge in [-0.05, 0) is 66.7 Å². The average Bonchev–Trinajstić information content (AvgIpc) is 3.21. The minimum atomic E-state index is -0.385. The lowest BCUT2D eigenvalue weighted by atomic mass is 10.1. The quantitative estimate of drug-likeness (QED) is 0.337. The third-order valence-electron chi connectivity index (χ3n) is 5.46. The van der Waals surface area contributed by atoms with Gasteiger partial charge in [-0.15, -0.1) is 0 Å². The van der Waals surface area contributed by atoms with E-state index in [-0.39, 0.29) is 17.4 Å². The Kier molecular flexibility index (Phi) is 5.62. The van der Waals surface area contributed by atoms with Gasteiger partial charge in [0.25, 0.3) is 11.8 Å². The molecule has 0 saturated heterocycles. The zero-order valence-electron chi connectivity index (χ0n) is 17.1. The molecule has 164 valence electrons. The van der Waals surface area contributed by atoms with Gasteiger partial charge in [0.1, 0.15) is 5.15 Å². The normalized spacial score (nSPS) is 12.2. The maximum atomic E-state index is 13.4. The highest BCUT2D eigenvalue weighted by Gasteiger charge is 2.28. The van der Waals surface area contributed by atoms with E-state index in [2.05, 4.69) is 5.32 Å². The van der Waals surface area contributed by atoms with Crippen LogP contribution in [0.25, 0.3) is 5.69 Å². The summed E-state index contributed by atoms with van der Waals surface area (Å²) in [7, 11) is 0. The fourth-order valence-corrected chi connectivity index (χ4v) is 4.51. The molecule has 4 aromatic rings. The highest BCUT2D eigenvalue weighted by molar-refractivity contribution is 6.36. The van der Waals surface area contributed by atoms with E-state index < -0.39 is 0 Å². The molecule has 0 unspecified atom stereocenters. The van der Waals surface area contributed by atoms with E-state index in [1.54, 1.807) is 41.3 Å². The van der Waals surface area contributed by atoms with E-state index in [1.165, 1.54) is 6.07 Å². The molecule has 1 aromatic heterocycles. The predicted octanol–water partition coefficient (Wildman–Crippen LogP) is 6.85. The maximum absolute atomic E-state index is 13.4. The summed E-state index contributed by atoms with van der Waals surface area (Å²) in [6.45, 7) is 0.397. The van der Waals surface area contributed by atoms with Crippen LogP contribution in [0.15, 0.2) is 78.9 Å². The number of benzene rings is 3. The first-order chi connectivity index (χ1) is 15.9. The molecule has 0 fully saturated rings. The van der Waals surface area contributed by atoms with Crippen LogP contribution in [-0.4, -0.2) is 16.4 Å². The lowest BCUT2D eigenvalue weighted by Gasteiger charge is -2.31.